The second kappa shape index (κ2) is 4.00. The van der Waals surface area contributed by atoms with Gasteiger partial charge in [0.25, 0.3) is 5.91 Å². The third-order valence-corrected chi connectivity index (χ3v) is 2.55. The van der Waals surface area contributed by atoms with Crippen LogP contribution in [0.4, 0.5) is 0 Å². The summed E-state index contributed by atoms with van der Waals surface area (Å²) in [6.45, 7) is 0.441. The molecule has 0 saturated heterocycles. The molecule has 4 heteroatoms. The first kappa shape index (κ1) is 10.1. The minimum atomic E-state index is -0.135. The van der Waals surface area contributed by atoms with E-state index in [1.54, 1.807) is 13.2 Å². The van der Waals surface area contributed by atoms with Crippen LogP contribution in [0.5, 0.6) is 0 Å². The fourth-order valence-corrected chi connectivity index (χ4v) is 1.89. The first-order valence-corrected chi connectivity index (χ1v) is 4.75. The zero-order valence-electron chi connectivity index (χ0n) is 8.77. The van der Waals surface area contributed by atoms with Gasteiger partial charge in [-0.1, -0.05) is 18.2 Å². The van der Waals surface area contributed by atoms with Gasteiger partial charge in [-0.2, -0.15) is 0 Å². The van der Waals surface area contributed by atoms with Crippen molar-refractivity contribution in [1.82, 2.24) is 5.06 Å². The molecule has 0 radical (unpaired) electrons. The molecule has 4 nitrogen and oxygen atoms in total. The number of hydrogen-bond acceptors (Lipinski definition) is 3. The zero-order valence-corrected chi connectivity index (χ0v) is 8.77. The molecule has 1 unspecified atom stereocenters. The Bertz CT molecular complexity index is 378. The lowest BCUT2D eigenvalue weighted by Gasteiger charge is -2.21. The maximum Gasteiger partial charge on any atom is 0.278 e. The maximum atomic E-state index is 11.9. The van der Waals surface area contributed by atoms with Gasteiger partial charge in [-0.3, -0.25) is 9.63 Å². The molecule has 0 bridgehead atoms. The van der Waals surface area contributed by atoms with Crippen molar-refractivity contribution in [1.29, 1.82) is 0 Å². The largest absolute Gasteiger partial charge is 0.382 e. The summed E-state index contributed by atoms with van der Waals surface area (Å²) < 4.78 is 5.09. The summed E-state index contributed by atoms with van der Waals surface area (Å²) in [5.74, 6) is -0.102. The molecule has 80 valence electrons. The van der Waals surface area contributed by atoms with Crippen LogP contribution in [0.25, 0.3) is 0 Å². The van der Waals surface area contributed by atoms with Gasteiger partial charge >= 0.3 is 0 Å². The van der Waals surface area contributed by atoms with Crippen molar-refractivity contribution >= 4 is 5.91 Å². The van der Waals surface area contributed by atoms with Crippen molar-refractivity contribution in [2.75, 3.05) is 20.8 Å². The molecule has 0 N–H and O–H groups in total. The van der Waals surface area contributed by atoms with Crippen LogP contribution in [0.15, 0.2) is 24.3 Å². The summed E-state index contributed by atoms with van der Waals surface area (Å²) in [5.41, 5.74) is 1.66. The van der Waals surface area contributed by atoms with Crippen LogP contribution < -0.4 is 0 Å². The van der Waals surface area contributed by atoms with Crippen molar-refractivity contribution in [2.45, 2.75) is 6.04 Å². The monoisotopic (exact) mass is 207 g/mol. The predicted molar refractivity (Wildman–Crippen MR) is 54.2 cm³/mol. The molecule has 1 aromatic rings. The minimum absolute atomic E-state index is 0.102. The van der Waals surface area contributed by atoms with Crippen LogP contribution >= 0.6 is 0 Å². The van der Waals surface area contributed by atoms with Gasteiger partial charge in [0.15, 0.2) is 0 Å². The first-order chi connectivity index (χ1) is 7.29. The van der Waals surface area contributed by atoms with E-state index in [9.17, 15) is 4.79 Å². The number of nitrogens with zero attached hydrogens (tertiary/aromatic N) is 1. The lowest BCUT2D eigenvalue weighted by atomic mass is 10.1. The van der Waals surface area contributed by atoms with Gasteiger partial charge in [0.2, 0.25) is 0 Å². The lowest BCUT2D eigenvalue weighted by Crippen LogP contribution is -2.29. The second-order valence-corrected chi connectivity index (χ2v) is 3.37. The Labute approximate surface area is 88.4 Å². The quantitative estimate of drug-likeness (QED) is 0.751. The van der Waals surface area contributed by atoms with E-state index in [1.807, 2.05) is 18.2 Å². The van der Waals surface area contributed by atoms with Crippen molar-refractivity contribution < 1.29 is 14.4 Å². The topological polar surface area (TPSA) is 38.8 Å². The highest BCUT2D eigenvalue weighted by Crippen LogP contribution is 2.33. The predicted octanol–water partition coefficient (Wildman–Crippen LogP) is 1.39. The van der Waals surface area contributed by atoms with Crippen molar-refractivity contribution in [3.8, 4) is 0 Å². The van der Waals surface area contributed by atoms with Crippen LogP contribution in [0.1, 0.15) is 22.0 Å². The van der Waals surface area contributed by atoms with Gasteiger partial charge in [0, 0.05) is 12.7 Å². The Morgan fingerprint density at radius 3 is 2.73 bits per heavy atom. The van der Waals surface area contributed by atoms with E-state index in [2.05, 4.69) is 0 Å². The molecule has 1 aromatic carbocycles. The first-order valence-electron chi connectivity index (χ1n) is 4.75. The molecule has 0 aliphatic carbocycles. The number of rotatable bonds is 3. The minimum Gasteiger partial charge on any atom is -0.382 e. The third kappa shape index (κ3) is 1.52. The second-order valence-electron chi connectivity index (χ2n) is 3.37. The normalized spacial score (nSPS) is 19.5. The molecule has 1 heterocycles. The van der Waals surface area contributed by atoms with Crippen LogP contribution in [0, 0.1) is 0 Å². The Hall–Kier alpha value is -1.39. The van der Waals surface area contributed by atoms with E-state index >= 15 is 0 Å². The molecule has 0 aromatic heterocycles. The van der Waals surface area contributed by atoms with Crippen LogP contribution in [0.2, 0.25) is 0 Å². The van der Waals surface area contributed by atoms with E-state index in [0.29, 0.717) is 12.2 Å². The highest BCUT2D eigenvalue weighted by atomic mass is 16.7. The standard InChI is InChI=1S/C11H13NO3/c1-14-7-10-8-5-3-4-6-9(8)11(13)12(10)15-2/h3-6,10H,7H2,1-2H3. The number of hydrogen-bond donors (Lipinski definition) is 0. The Balaban J connectivity index is 2.41. The van der Waals surface area contributed by atoms with Gasteiger partial charge in [0.1, 0.15) is 6.04 Å². The van der Waals surface area contributed by atoms with E-state index in [-0.39, 0.29) is 11.9 Å². The summed E-state index contributed by atoms with van der Waals surface area (Å²) in [7, 11) is 3.10. The molecular formula is C11H13NO3. The number of ether oxygens (including phenoxy) is 1. The van der Waals surface area contributed by atoms with E-state index < -0.39 is 0 Å². The molecular weight excluding hydrogens is 194 g/mol. The number of carbonyl (C=O) groups is 1. The summed E-state index contributed by atoms with van der Waals surface area (Å²) in [4.78, 5) is 16.9. The van der Waals surface area contributed by atoms with Crippen molar-refractivity contribution in [3.63, 3.8) is 0 Å². The Morgan fingerprint density at radius 1 is 1.33 bits per heavy atom. The number of methoxy groups -OCH3 is 1. The fraction of sp³-hybridized carbons (Fsp3) is 0.364. The van der Waals surface area contributed by atoms with Gasteiger partial charge in [-0.15, -0.1) is 0 Å². The maximum absolute atomic E-state index is 11.9. The molecule has 1 aliphatic rings. The van der Waals surface area contributed by atoms with Crippen molar-refractivity contribution in [3.05, 3.63) is 35.4 Å². The number of fused-ring (bicyclic) bond motifs is 1. The summed E-state index contributed by atoms with van der Waals surface area (Å²) in [5, 5.41) is 1.36. The van der Waals surface area contributed by atoms with Crippen LogP contribution in [0.3, 0.4) is 0 Å². The number of amides is 1. The van der Waals surface area contributed by atoms with Gasteiger partial charge in [-0.25, -0.2) is 5.06 Å². The summed E-state index contributed by atoms with van der Waals surface area (Å²) >= 11 is 0. The Kier molecular flexibility index (Phi) is 2.70. The highest BCUT2D eigenvalue weighted by molar-refractivity contribution is 5.98. The number of carbonyl (C=O) groups excluding carboxylic acids is 1. The van der Waals surface area contributed by atoms with E-state index in [4.69, 9.17) is 9.57 Å². The van der Waals surface area contributed by atoms with Gasteiger partial charge in [-0.05, 0) is 11.6 Å². The molecule has 1 aliphatic heterocycles. The lowest BCUT2D eigenvalue weighted by molar-refractivity contribution is -0.130. The van der Waals surface area contributed by atoms with Gasteiger partial charge in [0.05, 0.1) is 13.7 Å². The third-order valence-electron chi connectivity index (χ3n) is 2.55. The van der Waals surface area contributed by atoms with Crippen LogP contribution in [-0.2, 0) is 9.57 Å². The fourth-order valence-electron chi connectivity index (χ4n) is 1.89. The SMILES string of the molecule is COCC1c2ccccc2C(=O)N1OC. The summed E-state index contributed by atoms with van der Waals surface area (Å²) in [6.07, 6.45) is 0. The number of benzene rings is 1. The average Bonchev–Trinajstić information content (AvgIpc) is 2.54. The van der Waals surface area contributed by atoms with E-state index in [0.717, 1.165) is 5.56 Å². The van der Waals surface area contributed by atoms with Crippen LogP contribution in [-0.4, -0.2) is 31.8 Å². The molecule has 1 amide bonds. The number of hydroxylamine groups is 2. The zero-order chi connectivity index (χ0) is 10.8. The molecule has 2 rings (SSSR count). The molecule has 0 saturated carbocycles. The van der Waals surface area contributed by atoms with E-state index in [1.165, 1.54) is 12.2 Å². The highest BCUT2D eigenvalue weighted by Gasteiger charge is 2.36. The van der Waals surface area contributed by atoms with Gasteiger partial charge < -0.3 is 4.74 Å². The molecule has 0 fully saturated rings. The Morgan fingerprint density at radius 2 is 2.07 bits per heavy atom. The summed E-state index contributed by atoms with van der Waals surface area (Å²) in [6, 6.07) is 7.35. The smallest absolute Gasteiger partial charge is 0.278 e. The molecule has 0 spiro atoms. The molecule has 1 atom stereocenters. The van der Waals surface area contributed by atoms with Crippen molar-refractivity contribution in [2.24, 2.45) is 0 Å². The molecule has 15 heavy (non-hydrogen) atoms. The average molecular weight is 207 g/mol.